The monoisotopic (exact) mass is 316 g/mol. The van der Waals surface area contributed by atoms with Gasteiger partial charge in [0.05, 0.1) is 6.61 Å². The van der Waals surface area contributed by atoms with Crippen LogP contribution in [0.4, 0.5) is 0 Å². The van der Waals surface area contributed by atoms with Crippen LogP contribution >= 0.6 is 15.9 Å². The summed E-state index contributed by atoms with van der Waals surface area (Å²) in [7, 11) is 0. The molecule has 0 N–H and O–H groups in total. The fourth-order valence-electron chi connectivity index (χ4n) is 1.83. The summed E-state index contributed by atoms with van der Waals surface area (Å²) in [5, 5.41) is 1.05. The van der Waals surface area contributed by atoms with Gasteiger partial charge in [-0.05, 0) is 44.9 Å². The van der Waals surface area contributed by atoms with Crippen molar-refractivity contribution in [1.82, 2.24) is 0 Å². The molecule has 1 aliphatic rings. The average molecular weight is 317 g/mol. The smallest absolute Gasteiger partial charge is 0.157 e. The van der Waals surface area contributed by atoms with E-state index >= 15 is 0 Å². The third-order valence-electron chi connectivity index (χ3n) is 2.84. The maximum Gasteiger partial charge on any atom is 0.157 e. The van der Waals surface area contributed by atoms with Crippen LogP contribution in [0, 0.1) is 0 Å². The van der Waals surface area contributed by atoms with Crippen LogP contribution in [0.2, 0.25) is 0 Å². The highest BCUT2D eigenvalue weighted by atomic mass is 79.9. The number of halogens is 1. The van der Waals surface area contributed by atoms with Crippen molar-refractivity contribution >= 4 is 15.9 Å². The Balaban J connectivity index is 1.86. The minimum absolute atomic E-state index is 0.0647. The number of rotatable bonds is 9. The van der Waals surface area contributed by atoms with Gasteiger partial charge in [0.1, 0.15) is 0 Å². The number of allylic oxidation sites excluding steroid dienone is 4. The van der Waals surface area contributed by atoms with Gasteiger partial charge >= 0.3 is 0 Å². The average Bonchev–Trinajstić information content (AvgIpc) is 2.42. The second kappa shape index (κ2) is 11.9. The van der Waals surface area contributed by atoms with E-state index in [0.29, 0.717) is 0 Å². The fraction of sp³-hybridized carbons (Fsp3) is 0.733. The predicted molar refractivity (Wildman–Crippen MR) is 80.1 cm³/mol. The normalized spacial score (nSPS) is 21.1. The van der Waals surface area contributed by atoms with Gasteiger partial charge in [0, 0.05) is 11.9 Å². The first kappa shape index (κ1) is 15.9. The highest BCUT2D eigenvalue weighted by Gasteiger charge is 2.12. The third kappa shape index (κ3) is 8.90. The van der Waals surface area contributed by atoms with E-state index in [0.717, 1.165) is 50.6 Å². The lowest BCUT2D eigenvalue weighted by Crippen LogP contribution is -2.22. The molecule has 1 fully saturated rings. The van der Waals surface area contributed by atoms with Gasteiger partial charge in [-0.25, -0.2) is 0 Å². The quantitative estimate of drug-likeness (QED) is 0.351. The Morgan fingerprint density at radius 1 is 1.11 bits per heavy atom. The molecule has 0 amide bonds. The van der Waals surface area contributed by atoms with Crippen LogP contribution in [0.5, 0.6) is 0 Å². The highest BCUT2D eigenvalue weighted by Crippen LogP contribution is 2.13. The van der Waals surface area contributed by atoms with Gasteiger partial charge in [0.2, 0.25) is 0 Å². The molecule has 0 aromatic heterocycles. The van der Waals surface area contributed by atoms with Crippen molar-refractivity contribution in [2.45, 2.75) is 51.2 Å². The molecule has 0 radical (unpaired) electrons. The van der Waals surface area contributed by atoms with Crippen molar-refractivity contribution in [2.24, 2.45) is 0 Å². The first-order valence-corrected chi connectivity index (χ1v) is 8.15. The Bertz CT molecular complexity index is 233. The molecule has 2 nitrogen and oxygen atoms in total. The molecule has 3 heteroatoms. The minimum Gasteiger partial charge on any atom is -0.353 e. The molecule has 0 aliphatic carbocycles. The van der Waals surface area contributed by atoms with E-state index in [1.54, 1.807) is 0 Å². The molecule has 0 spiro atoms. The van der Waals surface area contributed by atoms with Gasteiger partial charge in [0.15, 0.2) is 6.29 Å². The zero-order valence-electron chi connectivity index (χ0n) is 11.2. The third-order valence-corrected chi connectivity index (χ3v) is 3.30. The van der Waals surface area contributed by atoms with Gasteiger partial charge in [-0.1, -0.05) is 40.2 Å². The first-order valence-electron chi connectivity index (χ1n) is 7.02. The van der Waals surface area contributed by atoms with E-state index in [9.17, 15) is 0 Å². The number of ether oxygens (including phenoxy) is 2. The molecule has 0 aromatic rings. The van der Waals surface area contributed by atoms with Gasteiger partial charge in [-0.2, -0.15) is 0 Å². The molecule has 104 valence electrons. The van der Waals surface area contributed by atoms with Crippen LogP contribution in [-0.2, 0) is 9.47 Å². The summed E-state index contributed by atoms with van der Waals surface area (Å²) in [6, 6.07) is 0. The summed E-state index contributed by atoms with van der Waals surface area (Å²) in [5.41, 5.74) is 0. The first-order chi connectivity index (χ1) is 8.93. The Kier molecular flexibility index (Phi) is 10.6. The molecule has 1 heterocycles. The summed E-state index contributed by atoms with van der Waals surface area (Å²) >= 11 is 3.40. The Morgan fingerprint density at radius 3 is 2.67 bits per heavy atom. The maximum atomic E-state index is 5.67. The molecule has 0 aromatic carbocycles. The van der Waals surface area contributed by atoms with Gasteiger partial charge in [-0.3, -0.25) is 0 Å². The summed E-state index contributed by atoms with van der Waals surface area (Å²) in [5.74, 6) is 0. The van der Waals surface area contributed by atoms with Crippen LogP contribution in [0.25, 0.3) is 0 Å². The summed E-state index contributed by atoms with van der Waals surface area (Å²) in [6.07, 6.45) is 16.8. The molecule has 0 bridgehead atoms. The van der Waals surface area contributed by atoms with Crippen LogP contribution < -0.4 is 0 Å². The number of hydrogen-bond donors (Lipinski definition) is 0. The van der Waals surface area contributed by atoms with Crippen LogP contribution in [0.3, 0.4) is 0 Å². The minimum atomic E-state index is 0.0647. The van der Waals surface area contributed by atoms with E-state index in [2.05, 4.69) is 40.2 Å². The Labute approximate surface area is 120 Å². The van der Waals surface area contributed by atoms with E-state index in [1.165, 1.54) is 12.8 Å². The molecule has 1 aliphatic heterocycles. The number of hydrogen-bond acceptors (Lipinski definition) is 2. The highest BCUT2D eigenvalue weighted by molar-refractivity contribution is 9.09. The lowest BCUT2D eigenvalue weighted by Gasteiger charge is -2.22. The maximum absolute atomic E-state index is 5.67. The topological polar surface area (TPSA) is 18.5 Å². The Morgan fingerprint density at radius 2 is 1.94 bits per heavy atom. The van der Waals surface area contributed by atoms with Crippen molar-refractivity contribution in [2.75, 3.05) is 18.5 Å². The second-order valence-corrected chi connectivity index (χ2v) is 5.26. The van der Waals surface area contributed by atoms with Crippen molar-refractivity contribution in [1.29, 1.82) is 0 Å². The van der Waals surface area contributed by atoms with Gasteiger partial charge in [-0.15, -0.1) is 0 Å². The Hall–Kier alpha value is -0.120. The summed E-state index contributed by atoms with van der Waals surface area (Å²) in [6.45, 7) is 1.68. The molecule has 1 rings (SSSR count). The second-order valence-electron chi connectivity index (χ2n) is 4.47. The van der Waals surface area contributed by atoms with Crippen LogP contribution in [0.15, 0.2) is 24.3 Å². The van der Waals surface area contributed by atoms with Gasteiger partial charge in [0.25, 0.3) is 0 Å². The zero-order chi connectivity index (χ0) is 12.9. The largest absolute Gasteiger partial charge is 0.353 e. The molecular formula is C15H25BrO2. The summed E-state index contributed by atoms with van der Waals surface area (Å²) in [4.78, 5) is 0. The van der Waals surface area contributed by atoms with Crippen LogP contribution in [-0.4, -0.2) is 24.8 Å². The number of alkyl halides is 1. The SMILES string of the molecule is BrCC/C=C\C/C=C\CCCOC1CCCCO1. The molecular weight excluding hydrogens is 292 g/mol. The predicted octanol–water partition coefficient (Wildman–Crippen LogP) is 4.60. The van der Waals surface area contributed by atoms with Crippen molar-refractivity contribution in [3.05, 3.63) is 24.3 Å². The van der Waals surface area contributed by atoms with Crippen molar-refractivity contribution in [3.8, 4) is 0 Å². The van der Waals surface area contributed by atoms with Gasteiger partial charge < -0.3 is 9.47 Å². The van der Waals surface area contributed by atoms with Crippen molar-refractivity contribution < 1.29 is 9.47 Å². The van der Waals surface area contributed by atoms with E-state index < -0.39 is 0 Å². The molecule has 1 unspecified atom stereocenters. The molecule has 1 atom stereocenters. The molecule has 18 heavy (non-hydrogen) atoms. The lowest BCUT2D eigenvalue weighted by molar-refractivity contribution is -0.162. The zero-order valence-corrected chi connectivity index (χ0v) is 12.7. The van der Waals surface area contributed by atoms with E-state index in [4.69, 9.17) is 9.47 Å². The van der Waals surface area contributed by atoms with E-state index in [1.807, 2.05) is 0 Å². The standard InChI is InChI=1S/C15H25BrO2/c16-12-8-5-3-1-2-4-6-9-13-17-15-11-7-10-14-18-15/h2-5,15H,1,6-14H2/b4-2-,5-3-. The van der Waals surface area contributed by atoms with E-state index in [-0.39, 0.29) is 6.29 Å². The fourth-order valence-corrected chi connectivity index (χ4v) is 2.09. The molecule has 0 saturated carbocycles. The lowest BCUT2D eigenvalue weighted by atomic mass is 10.2. The molecule has 1 saturated heterocycles. The van der Waals surface area contributed by atoms with Crippen molar-refractivity contribution in [3.63, 3.8) is 0 Å². The van der Waals surface area contributed by atoms with Crippen LogP contribution in [0.1, 0.15) is 44.9 Å². The number of unbranched alkanes of at least 4 members (excludes halogenated alkanes) is 1. The summed E-state index contributed by atoms with van der Waals surface area (Å²) < 4.78 is 11.2.